The monoisotopic (exact) mass is 542 g/mol. The molecular weight excluding hydrogens is 504 g/mol. The summed E-state index contributed by atoms with van der Waals surface area (Å²) in [5, 5.41) is 4.49. The van der Waals surface area contributed by atoms with Crippen molar-refractivity contribution in [2.75, 3.05) is 43.6 Å². The Balaban J connectivity index is 1.55. The Morgan fingerprint density at radius 1 is 1.16 bits per heavy atom. The van der Waals surface area contributed by atoms with Gasteiger partial charge in [-0.05, 0) is 51.3 Å². The molecule has 2 amide bonds. The van der Waals surface area contributed by atoms with E-state index in [9.17, 15) is 14.4 Å². The molecule has 0 radical (unpaired) electrons. The van der Waals surface area contributed by atoms with Crippen molar-refractivity contribution in [1.29, 1.82) is 0 Å². The Kier molecular flexibility index (Phi) is 9.04. The molecule has 1 aromatic carbocycles. The molecule has 206 valence electrons. The molecular formula is C28H38N4O5S. The second kappa shape index (κ2) is 12.3. The number of ketones is 1. The highest BCUT2D eigenvalue weighted by atomic mass is 32.2. The second-order valence-electron chi connectivity index (χ2n) is 10.6. The summed E-state index contributed by atoms with van der Waals surface area (Å²) in [7, 11) is 0. The van der Waals surface area contributed by atoms with E-state index < -0.39 is 17.6 Å². The van der Waals surface area contributed by atoms with Gasteiger partial charge in [0.15, 0.2) is 5.78 Å². The van der Waals surface area contributed by atoms with Crippen molar-refractivity contribution < 1.29 is 23.9 Å². The number of Topliss-reactive ketones (excluding diaryl/α,β-unsaturated/α-hetero) is 1. The molecule has 2 heterocycles. The molecule has 1 aromatic rings. The van der Waals surface area contributed by atoms with Gasteiger partial charge in [-0.1, -0.05) is 43.3 Å². The van der Waals surface area contributed by atoms with Gasteiger partial charge >= 0.3 is 6.09 Å². The minimum atomic E-state index is -0.676. The molecule has 1 saturated heterocycles. The summed E-state index contributed by atoms with van der Waals surface area (Å²) in [5.41, 5.74) is 5.00. The highest BCUT2D eigenvalue weighted by Crippen LogP contribution is 2.42. The lowest BCUT2D eigenvalue weighted by atomic mass is 9.86. The normalized spacial score (nSPS) is 19.7. The SMILES string of the molecule is CCCCNC(=O)C1=CC(Cc2ccc(N3CCOCC3)cc2)C(=O)C2=C1SCN2NC(=O)OC(C)(C)C. The second-order valence-corrected chi connectivity index (χ2v) is 11.6. The summed E-state index contributed by atoms with van der Waals surface area (Å²) in [4.78, 5) is 42.3. The maximum Gasteiger partial charge on any atom is 0.426 e. The number of carbonyl (C=O) groups excluding carboxylic acids is 3. The number of hydrazine groups is 1. The van der Waals surface area contributed by atoms with E-state index >= 15 is 0 Å². The first-order valence-electron chi connectivity index (χ1n) is 13.3. The van der Waals surface area contributed by atoms with E-state index in [2.05, 4.69) is 34.7 Å². The zero-order chi connectivity index (χ0) is 27.3. The minimum absolute atomic E-state index is 0.122. The van der Waals surface area contributed by atoms with Crippen molar-refractivity contribution in [1.82, 2.24) is 15.8 Å². The van der Waals surface area contributed by atoms with Crippen LogP contribution >= 0.6 is 11.8 Å². The molecule has 2 aliphatic heterocycles. The number of carbonyl (C=O) groups is 3. The molecule has 1 fully saturated rings. The first-order chi connectivity index (χ1) is 18.2. The number of unbranched alkanes of at least 4 members (excludes halogenated alkanes) is 1. The maximum absolute atomic E-state index is 13.7. The number of nitrogens with zero attached hydrogens (tertiary/aromatic N) is 2. The van der Waals surface area contributed by atoms with Crippen LogP contribution < -0.4 is 15.6 Å². The maximum atomic E-state index is 13.7. The predicted molar refractivity (Wildman–Crippen MR) is 148 cm³/mol. The van der Waals surface area contributed by atoms with Crippen LogP contribution in [0.25, 0.3) is 0 Å². The zero-order valence-corrected chi connectivity index (χ0v) is 23.5. The summed E-state index contributed by atoms with van der Waals surface area (Å²) in [6.45, 7) is 11.1. The molecule has 38 heavy (non-hydrogen) atoms. The van der Waals surface area contributed by atoms with E-state index in [1.807, 2.05) is 12.1 Å². The molecule has 0 bridgehead atoms. The number of hydrogen-bond donors (Lipinski definition) is 2. The fraction of sp³-hybridized carbons (Fsp3) is 0.536. The van der Waals surface area contributed by atoms with Crippen LogP contribution in [0.2, 0.25) is 0 Å². The largest absolute Gasteiger partial charge is 0.443 e. The van der Waals surface area contributed by atoms with Gasteiger partial charge in [0.25, 0.3) is 5.91 Å². The lowest BCUT2D eigenvalue weighted by Crippen LogP contribution is -2.45. The van der Waals surface area contributed by atoms with Crippen LogP contribution in [0.5, 0.6) is 0 Å². The lowest BCUT2D eigenvalue weighted by molar-refractivity contribution is -0.119. The molecule has 9 nitrogen and oxygen atoms in total. The van der Waals surface area contributed by atoms with Gasteiger partial charge in [0.2, 0.25) is 0 Å². The highest BCUT2D eigenvalue weighted by molar-refractivity contribution is 8.03. The van der Waals surface area contributed by atoms with Gasteiger partial charge in [-0.15, -0.1) is 0 Å². The Bertz CT molecular complexity index is 1100. The topological polar surface area (TPSA) is 100 Å². The number of benzene rings is 1. The van der Waals surface area contributed by atoms with E-state index in [0.29, 0.717) is 35.0 Å². The first kappa shape index (κ1) is 28.0. The summed E-state index contributed by atoms with van der Waals surface area (Å²) < 4.78 is 10.8. The number of anilines is 1. The standard InChI is InChI=1S/C28H38N4O5S/c1-5-6-11-29-26(34)22-17-20(16-19-7-9-21(10-8-19)31-12-14-36-15-13-31)24(33)23-25(22)38-18-32(23)30-27(35)37-28(2,3)4/h7-10,17,20H,5-6,11-16,18H2,1-4H3,(H,29,34)(H,30,35). The van der Waals surface area contributed by atoms with E-state index in [0.717, 1.165) is 50.4 Å². The fourth-order valence-corrected chi connectivity index (χ4v) is 5.70. The molecule has 1 atom stereocenters. The number of ether oxygens (including phenoxy) is 2. The number of hydrogen-bond acceptors (Lipinski definition) is 8. The van der Waals surface area contributed by atoms with Crippen LogP contribution in [-0.2, 0) is 25.5 Å². The van der Waals surface area contributed by atoms with Crippen LogP contribution in [0.4, 0.5) is 10.5 Å². The Hall–Kier alpha value is -2.98. The number of rotatable bonds is 8. The average molecular weight is 543 g/mol. The molecule has 0 saturated carbocycles. The van der Waals surface area contributed by atoms with Gasteiger partial charge in [-0.3, -0.25) is 14.6 Å². The lowest BCUT2D eigenvalue weighted by Gasteiger charge is -2.29. The average Bonchev–Trinajstić information content (AvgIpc) is 3.29. The first-order valence-corrected chi connectivity index (χ1v) is 14.3. The van der Waals surface area contributed by atoms with Crippen LogP contribution in [0.15, 0.2) is 46.5 Å². The fourth-order valence-electron chi connectivity index (χ4n) is 4.58. The van der Waals surface area contributed by atoms with Gasteiger partial charge < -0.3 is 19.7 Å². The van der Waals surface area contributed by atoms with Crippen LogP contribution in [0, 0.1) is 5.92 Å². The summed E-state index contributed by atoms with van der Waals surface area (Å²) in [6.07, 6.45) is 3.45. The van der Waals surface area contributed by atoms with E-state index in [4.69, 9.17) is 9.47 Å². The summed E-state index contributed by atoms with van der Waals surface area (Å²) in [5.74, 6) is -0.534. The van der Waals surface area contributed by atoms with Crippen LogP contribution in [-0.4, -0.2) is 67.1 Å². The predicted octanol–water partition coefficient (Wildman–Crippen LogP) is 3.76. The number of morpholine rings is 1. The van der Waals surface area contributed by atoms with Gasteiger partial charge in [0.1, 0.15) is 11.3 Å². The molecule has 1 unspecified atom stereocenters. The van der Waals surface area contributed by atoms with Gasteiger partial charge in [0.05, 0.1) is 29.6 Å². The molecule has 4 rings (SSSR count). The highest BCUT2D eigenvalue weighted by Gasteiger charge is 2.40. The Morgan fingerprint density at radius 3 is 2.53 bits per heavy atom. The third kappa shape index (κ3) is 6.91. The van der Waals surface area contributed by atoms with E-state index in [-0.39, 0.29) is 11.7 Å². The van der Waals surface area contributed by atoms with Gasteiger partial charge in [0, 0.05) is 31.2 Å². The number of amides is 2. The number of thioether (sulfide) groups is 1. The molecule has 1 aliphatic carbocycles. The molecule has 0 aromatic heterocycles. The van der Waals surface area contributed by atoms with Crippen molar-refractivity contribution in [2.45, 2.75) is 52.6 Å². The third-order valence-corrected chi connectivity index (χ3v) is 7.55. The summed E-state index contributed by atoms with van der Waals surface area (Å²) in [6, 6.07) is 8.22. The summed E-state index contributed by atoms with van der Waals surface area (Å²) >= 11 is 1.37. The van der Waals surface area contributed by atoms with Crippen molar-refractivity contribution in [3.63, 3.8) is 0 Å². The van der Waals surface area contributed by atoms with Crippen molar-refractivity contribution in [3.05, 3.63) is 52.1 Å². The molecule has 10 heteroatoms. The quantitative estimate of drug-likeness (QED) is 0.479. The molecule has 3 aliphatic rings. The smallest absolute Gasteiger partial charge is 0.426 e. The van der Waals surface area contributed by atoms with Gasteiger partial charge in [-0.2, -0.15) is 0 Å². The minimum Gasteiger partial charge on any atom is -0.443 e. The van der Waals surface area contributed by atoms with Crippen LogP contribution in [0.1, 0.15) is 46.1 Å². The van der Waals surface area contributed by atoms with E-state index in [1.54, 1.807) is 26.8 Å². The van der Waals surface area contributed by atoms with Crippen molar-refractivity contribution in [3.8, 4) is 0 Å². The Labute approximate surface area is 228 Å². The van der Waals surface area contributed by atoms with E-state index in [1.165, 1.54) is 16.8 Å². The Morgan fingerprint density at radius 2 is 1.87 bits per heavy atom. The number of allylic oxidation sites excluding steroid dienone is 2. The number of nitrogens with one attached hydrogen (secondary N) is 2. The third-order valence-electron chi connectivity index (χ3n) is 6.46. The van der Waals surface area contributed by atoms with Crippen LogP contribution in [0.3, 0.4) is 0 Å². The van der Waals surface area contributed by atoms with Crippen molar-refractivity contribution >= 4 is 35.2 Å². The molecule has 2 N–H and O–H groups in total. The van der Waals surface area contributed by atoms with Crippen molar-refractivity contribution in [2.24, 2.45) is 5.92 Å². The molecule has 0 spiro atoms. The van der Waals surface area contributed by atoms with Gasteiger partial charge in [-0.25, -0.2) is 10.2 Å². The zero-order valence-electron chi connectivity index (χ0n) is 22.7.